The van der Waals surface area contributed by atoms with Gasteiger partial charge in [0.25, 0.3) is 0 Å². The fraction of sp³-hybridized carbons (Fsp3) is 0.250. The predicted molar refractivity (Wildman–Crippen MR) is 108 cm³/mol. The summed E-state index contributed by atoms with van der Waals surface area (Å²) in [5.41, 5.74) is 1.50. The number of hydrogen-bond donors (Lipinski definition) is 1. The molecule has 6 heteroatoms. The molecule has 1 saturated heterocycles. The summed E-state index contributed by atoms with van der Waals surface area (Å²) in [6, 6.07) is 18.7. The van der Waals surface area contributed by atoms with Crippen LogP contribution in [0.2, 0.25) is 0 Å². The van der Waals surface area contributed by atoms with E-state index in [2.05, 4.69) is 10.3 Å². The molecule has 0 radical (unpaired) electrons. The number of nitrogens with zero attached hydrogens (tertiary/aromatic N) is 2. The second-order valence-electron chi connectivity index (χ2n) is 6.24. The number of benzene rings is 2. The number of rotatable bonds is 5. The summed E-state index contributed by atoms with van der Waals surface area (Å²) < 4.78 is 0. The Hall–Kier alpha value is -2.60. The average Bonchev–Trinajstić information content (AvgIpc) is 2.91. The smallest absolute Gasteiger partial charge is 0.247 e. The maximum absolute atomic E-state index is 12.9. The van der Waals surface area contributed by atoms with Crippen molar-refractivity contribution in [3.8, 4) is 0 Å². The van der Waals surface area contributed by atoms with Crippen molar-refractivity contribution in [2.75, 3.05) is 10.2 Å². The van der Waals surface area contributed by atoms with E-state index < -0.39 is 5.25 Å². The van der Waals surface area contributed by atoms with Gasteiger partial charge in [-0.05, 0) is 38.1 Å². The Bertz CT molecular complexity index is 806. The number of anilines is 2. The molecule has 1 fully saturated rings. The predicted octanol–water partition coefficient (Wildman–Crippen LogP) is 3.93. The molecule has 0 spiro atoms. The molecule has 2 amide bonds. The largest absolute Gasteiger partial charge is 0.326 e. The van der Waals surface area contributed by atoms with E-state index in [0.717, 1.165) is 11.4 Å². The van der Waals surface area contributed by atoms with Gasteiger partial charge in [-0.15, -0.1) is 0 Å². The van der Waals surface area contributed by atoms with E-state index in [1.54, 1.807) is 4.90 Å². The Morgan fingerprint density at radius 2 is 1.73 bits per heavy atom. The van der Waals surface area contributed by atoms with E-state index >= 15 is 0 Å². The van der Waals surface area contributed by atoms with E-state index in [4.69, 9.17) is 0 Å². The van der Waals surface area contributed by atoms with Crippen molar-refractivity contribution in [3.05, 3.63) is 60.7 Å². The summed E-state index contributed by atoms with van der Waals surface area (Å²) in [6.07, 6.45) is 0.110. The van der Waals surface area contributed by atoms with Crippen molar-refractivity contribution >= 4 is 40.1 Å². The molecule has 2 aromatic carbocycles. The van der Waals surface area contributed by atoms with E-state index in [-0.39, 0.29) is 24.3 Å². The lowest BCUT2D eigenvalue weighted by molar-refractivity contribution is -0.121. The number of carbonyl (C=O) groups is 2. The van der Waals surface area contributed by atoms with Crippen molar-refractivity contribution in [1.29, 1.82) is 0 Å². The number of thioether (sulfide) groups is 1. The Balaban J connectivity index is 1.76. The molecule has 0 bridgehead atoms. The topological polar surface area (TPSA) is 61.8 Å². The molecular weight excluding hydrogens is 346 g/mol. The molecule has 134 valence electrons. The third kappa shape index (κ3) is 4.32. The average molecular weight is 367 g/mol. The SMILES string of the molecule is CC(C)N=C1S[C@@H](CC(=O)Nc2ccccc2)C(=O)N1c1ccccc1. The van der Waals surface area contributed by atoms with Crippen LogP contribution in [-0.4, -0.2) is 28.3 Å². The van der Waals surface area contributed by atoms with Gasteiger partial charge in [0.2, 0.25) is 11.8 Å². The Morgan fingerprint density at radius 1 is 1.12 bits per heavy atom. The van der Waals surface area contributed by atoms with Crippen molar-refractivity contribution < 1.29 is 9.59 Å². The minimum absolute atomic E-state index is 0.0633. The van der Waals surface area contributed by atoms with E-state index in [9.17, 15) is 9.59 Å². The Kier molecular flexibility index (Phi) is 5.73. The van der Waals surface area contributed by atoms with Crippen LogP contribution in [0.5, 0.6) is 0 Å². The number of amides is 2. The summed E-state index contributed by atoms with van der Waals surface area (Å²) in [7, 11) is 0. The molecule has 0 aromatic heterocycles. The van der Waals surface area contributed by atoms with Crippen LogP contribution in [0.1, 0.15) is 20.3 Å². The lowest BCUT2D eigenvalue weighted by atomic mass is 10.2. The van der Waals surface area contributed by atoms with Gasteiger partial charge in [-0.1, -0.05) is 48.2 Å². The van der Waals surface area contributed by atoms with Gasteiger partial charge in [0.05, 0.1) is 5.69 Å². The van der Waals surface area contributed by atoms with Gasteiger partial charge in [-0.3, -0.25) is 19.5 Å². The zero-order valence-corrected chi connectivity index (χ0v) is 15.6. The summed E-state index contributed by atoms with van der Waals surface area (Å²) in [5, 5.41) is 3.01. The summed E-state index contributed by atoms with van der Waals surface area (Å²) in [4.78, 5) is 31.5. The highest BCUT2D eigenvalue weighted by Gasteiger charge is 2.40. The van der Waals surface area contributed by atoms with Crippen LogP contribution in [-0.2, 0) is 9.59 Å². The summed E-state index contributed by atoms with van der Waals surface area (Å²) >= 11 is 1.35. The zero-order valence-electron chi connectivity index (χ0n) is 14.8. The second-order valence-corrected chi connectivity index (χ2v) is 7.41. The van der Waals surface area contributed by atoms with Crippen LogP contribution in [0.25, 0.3) is 0 Å². The summed E-state index contributed by atoms with van der Waals surface area (Å²) in [6.45, 7) is 3.94. The van der Waals surface area contributed by atoms with E-state index in [1.165, 1.54) is 11.8 Å². The Morgan fingerprint density at radius 3 is 2.35 bits per heavy atom. The maximum atomic E-state index is 12.9. The number of hydrogen-bond acceptors (Lipinski definition) is 4. The van der Waals surface area contributed by atoms with Gasteiger partial charge in [-0.2, -0.15) is 0 Å². The van der Waals surface area contributed by atoms with Crippen LogP contribution >= 0.6 is 11.8 Å². The molecule has 1 N–H and O–H groups in total. The fourth-order valence-electron chi connectivity index (χ4n) is 2.62. The summed E-state index contributed by atoms with van der Waals surface area (Å²) in [5.74, 6) is -0.287. The fourth-order valence-corrected chi connectivity index (χ4v) is 3.89. The zero-order chi connectivity index (χ0) is 18.5. The number of aliphatic imine (C=N–C) groups is 1. The second kappa shape index (κ2) is 8.19. The lowest BCUT2D eigenvalue weighted by Crippen LogP contribution is -2.33. The first-order valence-corrected chi connectivity index (χ1v) is 9.41. The van der Waals surface area contributed by atoms with Crippen molar-refractivity contribution in [2.45, 2.75) is 31.6 Å². The first-order valence-electron chi connectivity index (χ1n) is 8.53. The van der Waals surface area contributed by atoms with Crippen LogP contribution in [0.3, 0.4) is 0 Å². The molecule has 3 rings (SSSR count). The minimum atomic E-state index is -0.476. The molecule has 26 heavy (non-hydrogen) atoms. The molecule has 2 aromatic rings. The van der Waals surface area contributed by atoms with Crippen molar-refractivity contribution in [3.63, 3.8) is 0 Å². The molecule has 0 unspecified atom stereocenters. The molecule has 0 aliphatic carbocycles. The van der Waals surface area contributed by atoms with Gasteiger partial charge in [0.15, 0.2) is 5.17 Å². The highest BCUT2D eigenvalue weighted by atomic mass is 32.2. The van der Waals surface area contributed by atoms with Crippen molar-refractivity contribution in [1.82, 2.24) is 0 Å². The molecule has 0 saturated carbocycles. The van der Waals surface area contributed by atoms with Gasteiger partial charge in [0, 0.05) is 18.2 Å². The minimum Gasteiger partial charge on any atom is -0.326 e. The van der Waals surface area contributed by atoms with Gasteiger partial charge < -0.3 is 5.32 Å². The third-order valence-electron chi connectivity index (χ3n) is 3.75. The standard InChI is InChI=1S/C20H21N3O2S/c1-14(2)21-20-23(16-11-7-4-8-12-16)19(25)17(26-20)13-18(24)22-15-9-5-3-6-10-15/h3-12,14,17H,13H2,1-2H3,(H,22,24)/t17-/m0/s1. The molecule has 1 aliphatic heterocycles. The van der Waals surface area contributed by atoms with Gasteiger partial charge in [0.1, 0.15) is 5.25 Å². The van der Waals surface area contributed by atoms with Crippen molar-refractivity contribution in [2.24, 2.45) is 4.99 Å². The molecule has 5 nitrogen and oxygen atoms in total. The van der Waals surface area contributed by atoms with E-state index in [0.29, 0.717) is 5.17 Å². The maximum Gasteiger partial charge on any atom is 0.247 e. The highest BCUT2D eigenvalue weighted by Crippen LogP contribution is 2.34. The highest BCUT2D eigenvalue weighted by molar-refractivity contribution is 8.16. The van der Waals surface area contributed by atoms with E-state index in [1.807, 2.05) is 74.5 Å². The molecule has 1 heterocycles. The number of amidine groups is 1. The quantitative estimate of drug-likeness (QED) is 0.871. The normalized spacial score (nSPS) is 18.6. The van der Waals surface area contributed by atoms with Gasteiger partial charge >= 0.3 is 0 Å². The first kappa shape index (κ1) is 18.2. The number of para-hydroxylation sites is 2. The molecular formula is C20H21N3O2S. The van der Waals surface area contributed by atoms with Crippen LogP contribution in [0, 0.1) is 0 Å². The monoisotopic (exact) mass is 367 g/mol. The van der Waals surface area contributed by atoms with Crippen LogP contribution in [0.4, 0.5) is 11.4 Å². The molecule has 1 atom stereocenters. The first-order chi connectivity index (χ1) is 12.5. The number of carbonyl (C=O) groups excluding carboxylic acids is 2. The third-order valence-corrected chi connectivity index (χ3v) is 4.90. The molecule has 1 aliphatic rings. The van der Waals surface area contributed by atoms with Crippen LogP contribution < -0.4 is 10.2 Å². The van der Waals surface area contributed by atoms with Crippen LogP contribution in [0.15, 0.2) is 65.7 Å². The number of nitrogens with one attached hydrogen (secondary N) is 1. The van der Waals surface area contributed by atoms with Gasteiger partial charge in [-0.25, -0.2) is 0 Å². The lowest BCUT2D eigenvalue weighted by Gasteiger charge is -2.17. The Labute approximate surface area is 157 Å².